The van der Waals surface area contributed by atoms with Gasteiger partial charge in [0, 0.05) is 31.7 Å². The number of aliphatic hydroxyl groups is 1. The Labute approximate surface area is 238 Å². The second-order valence-corrected chi connectivity index (χ2v) is 9.82. The number of imidazole rings is 2. The topological polar surface area (TPSA) is 111 Å². The Morgan fingerprint density at radius 2 is 1.95 bits per heavy atom. The van der Waals surface area contributed by atoms with E-state index in [2.05, 4.69) is 16.5 Å². The minimum absolute atomic E-state index is 0.0102. The molecule has 10 nitrogen and oxygen atoms in total. The molecule has 41 heavy (non-hydrogen) atoms. The van der Waals surface area contributed by atoms with Crippen LogP contribution >= 0.6 is 0 Å². The molecule has 0 radical (unpaired) electrons. The average Bonchev–Trinajstić information content (AvgIpc) is 3.67. The van der Waals surface area contributed by atoms with Crippen LogP contribution in [-0.2, 0) is 16.1 Å². The van der Waals surface area contributed by atoms with Crippen molar-refractivity contribution in [3.05, 3.63) is 96.0 Å². The Kier molecular flexibility index (Phi) is 7.91. The molecule has 0 bridgehead atoms. The first-order chi connectivity index (χ1) is 19.8. The van der Waals surface area contributed by atoms with Crippen molar-refractivity contribution in [1.29, 1.82) is 0 Å². The summed E-state index contributed by atoms with van der Waals surface area (Å²) in [4.78, 5) is 37.3. The summed E-state index contributed by atoms with van der Waals surface area (Å²) in [5.74, 6) is -0.761. The summed E-state index contributed by atoms with van der Waals surface area (Å²) >= 11 is 0. The minimum Gasteiger partial charge on any atom is -0.505 e. The van der Waals surface area contributed by atoms with E-state index in [1.54, 1.807) is 36.8 Å². The van der Waals surface area contributed by atoms with E-state index in [1.165, 1.54) is 4.90 Å². The molecule has 1 fully saturated rings. The summed E-state index contributed by atoms with van der Waals surface area (Å²) in [5, 5.41) is 11.7. The number of amides is 1. The largest absolute Gasteiger partial charge is 0.505 e. The molecular formula is C31H33N5O5. The van der Waals surface area contributed by atoms with E-state index in [0.717, 1.165) is 5.56 Å². The summed E-state index contributed by atoms with van der Waals surface area (Å²) in [6.07, 6.45) is 9.30. The molecule has 10 heteroatoms. The van der Waals surface area contributed by atoms with Crippen LogP contribution in [-0.4, -0.2) is 60.4 Å². The molecule has 3 aromatic heterocycles. The number of Topliss-reactive ketones (excluding diaryl/α,β-unsaturated/α-hetero) is 1. The molecule has 1 aliphatic heterocycles. The van der Waals surface area contributed by atoms with E-state index >= 15 is 0 Å². The first kappa shape index (κ1) is 27.7. The van der Waals surface area contributed by atoms with Crippen LogP contribution < -0.4 is 9.47 Å². The highest BCUT2D eigenvalue weighted by Crippen LogP contribution is 2.42. The maximum Gasteiger partial charge on any atom is 0.295 e. The fourth-order valence-corrected chi connectivity index (χ4v) is 5.20. The van der Waals surface area contributed by atoms with Crippen molar-refractivity contribution in [3.63, 3.8) is 0 Å². The summed E-state index contributed by atoms with van der Waals surface area (Å²) in [6.45, 7) is 10.9. The minimum atomic E-state index is -0.851. The van der Waals surface area contributed by atoms with Crippen LogP contribution in [0.25, 0.3) is 11.4 Å². The van der Waals surface area contributed by atoms with Gasteiger partial charge in [0.05, 0.1) is 30.2 Å². The molecule has 1 unspecified atom stereocenters. The predicted molar refractivity (Wildman–Crippen MR) is 154 cm³/mol. The summed E-state index contributed by atoms with van der Waals surface area (Å²) in [5.41, 5.74) is 3.11. The fraction of sp³-hybridized carbons (Fsp3) is 0.290. The highest BCUT2D eigenvalue weighted by Gasteiger charge is 2.46. The average molecular weight is 556 g/mol. The van der Waals surface area contributed by atoms with Gasteiger partial charge in [-0.25, -0.2) is 9.97 Å². The van der Waals surface area contributed by atoms with Crippen LogP contribution in [0.5, 0.6) is 11.5 Å². The maximum atomic E-state index is 13.6. The van der Waals surface area contributed by atoms with Crippen molar-refractivity contribution in [1.82, 2.24) is 23.8 Å². The number of pyridine rings is 1. The quantitative estimate of drug-likeness (QED) is 0.124. The number of hydrogen-bond acceptors (Lipinski definition) is 7. The lowest BCUT2D eigenvalue weighted by molar-refractivity contribution is -0.139. The number of aromatic nitrogens is 4. The van der Waals surface area contributed by atoms with Crippen LogP contribution in [0.4, 0.5) is 0 Å². The van der Waals surface area contributed by atoms with Gasteiger partial charge < -0.3 is 28.4 Å². The lowest BCUT2D eigenvalue weighted by atomic mass is 9.96. The fourth-order valence-electron chi connectivity index (χ4n) is 5.20. The third-order valence-corrected chi connectivity index (χ3v) is 7.16. The molecule has 0 saturated carbocycles. The maximum absolute atomic E-state index is 13.6. The van der Waals surface area contributed by atoms with Crippen LogP contribution in [0.15, 0.2) is 73.5 Å². The zero-order valence-electron chi connectivity index (χ0n) is 23.4. The highest BCUT2D eigenvalue weighted by molar-refractivity contribution is 6.46. The van der Waals surface area contributed by atoms with Gasteiger partial charge in [-0.2, -0.15) is 0 Å². The Morgan fingerprint density at radius 3 is 2.66 bits per heavy atom. The lowest BCUT2D eigenvalue weighted by Crippen LogP contribution is -2.31. The van der Waals surface area contributed by atoms with Crippen molar-refractivity contribution in [2.45, 2.75) is 39.8 Å². The van der Waals surface area contributed by atoms with Gasteiger partial charge in [-0.05, 0) is 56.5 Å². The summed E-state index contributed by atoms with van der Waals surface area (Å²) in [6, 6.07) is 8.26. The van der Waals surface area contributed by atoms with E-state index in [0.29, 0.717) is 54.6 Å². The number of ether oxygens (including phenoxy) is 2. The number of carbonyl (C=O) groups excluding carboxylic acids is 2. The summed E-state index contributed by atoms with van der Waals surface area (Å²) < 4.78 is 15.4. The molecule has 0 spiro atoms. The van der Waals surface area contributed by atoms with Crippen molar-refractivity contribution in [2.24, 2.45) is 0 Å². The Morgan fingerprint density at radius 1 is 1.12 bits per heavy atom. The van der Waals surface area contributed by atoms with Crippen molar-refractivity contribution in [3.8, 4) is 11.5 Å². The lowest BCUT2D eigenvalue weighted by Gasteiger charge is -2.26. The monoisotopic (exact) mass is 555 g/mol. The highest BCUT2D eigenvalue weighted by atomic mass is 16.5. The van der Waals surface area contributed by atoms with Gasteiger partial charge in [0.15, 0.2) is 17.3 Å². The standard InChI is InChI=1S/C31H33N5O5/c1-5-17-41-23-11-10-22(18-24(23)40-6-2)27-25(28(37)26-21(4)35-14-7-9-20(3)30(35)33-26)29(38)31(39)36(27)15-8-13-34-16-12-32-19-34/h5,7,9-12,14,16,18-19,27,37H,1,6,8,13,15,17H2,2-4H3. The van der Waals surface area contributed by atoms with Crippen molar-refractivity contribution >= 4 is 23.1 Å². The number of hydrogen-bond donors (Lipinski definition) is 1. The van der Waals surface area contributed by atoms with Gasteiger partial charge in [-0.1, -0.05) is 24.8 Å². The third kappa shape index (κ3) is 5.20. The van der Waals surface area contributed by atoms with Crippen molar-refractivity contribution in [2.75, 3.05) is 19.8 Å². The summed E-state index contributed by atoms with van der Waals surface area (Å²) in [7, 11) is 0. The van der Waals surface area contributed by atoms with E-state index in [-0.39, 0.29) is 23.6 Å². The molecule has 1 amide bonds. The van der Waals surface area contributed by atoms with Crippen LogP contribution in [0, 0.1) is 13.8 Å². The number of rotatable bonds is 11. The first-order valence-corrected chi connectivity index (χ1v) is 13.5. The number of aliphatic hydroxyl groups excluding tert-OH is 1. The molecule has 1 aromatic carbocycles. The predicted octanol–water partition coefficient (Wildman–Crippen LogP) is 4.62. The van der Waals surface area contributed by atoms with Crippen LogP contribution in [0.1, 0.15) is 41.9 Å². The number of nitrogens with zero attached hydrogens (tertiary/aromatic N) is 5. The number of ketones is 1. The van der Waals surface area contributed by atoms with Gasteiger partial charge in [-0.3, -0.25) is 9.59 Å². The Balaban J connectivity index is 1.62. The molecule has 4 aromatic rings. The number of carbonyl (C=O) groups is 2. The van der Waals surface area contributed by atoms with E-state index in [4.69, 9.17) is 9.47 Å². The second kappa shape index (κ2) is 11.7. The molecule has 5 rings (SSSR count). The zero-order valence-corrected chi connectivity index (χ0v) is 23.4. The molecular weight excluding hydrogens is 522 g/mol. The van der Waals surface area contributed by atoms with E-state index in [1.807, 2.05) is 54.3 Å². The molecule has 1 aliphatic rings. The van der Waals surface area contributed by atoms with Crippen molar-refractivity contribution < 1.29 is 24.2 Å². The molecule has 1 N–H and O–H groups in total. The molecule has 4 heterocycles. The van der Waals surface area contributed by atoms with Gasteiger partial charge in [0.25, 0.3) is 11.7 Å². The van der Waals surface area contributed by atoms with E-state index in [9.17, 15) is 14.7 Å². The number of benzene rings is 1. The van der Waals surface area contributed by atoms with Gasteiger partial charge in [-0.15, -0.1) is 0 Å². The third-order valence-electron chi connectivity index (χ3n) is 7.16. The normalized spacial score (nSPS) is 16.5. The number of likely N-dealkylation sites (tertiary alicyclic amines) is 1. The van der Waals surface area contributed by atoms with E-state index < -0.39 is 17.7 Å². The smallest absolute Gasteiger partial charge is 0.295 e. The van der Waals surface area contributed by atoms with Gasteiger partial charge >= 0.3 is 0 Å². The van der Waals surface area contributed by atoms with Crippen LogP contribution in [0.3, 0.4) is 0 Å². The first-order valence-electron chi connectivity index (χ1n) is 13.5. The number of fused-ring (bicyclic) bond motifs is 1. The Bertz CT molecular complexity index is 1640. The van der Waals surface area contributed by atoms with Gasteiger partial charge in [0.1, 0.15) is 17.9 Å². The Hall–Kier alpha value is -4.86. The number of aryl methyl sites for hydroxylation is 3. The molecule has 1 atom stereocenters. The molecule has 212 valence electrons. The molecule has 0 aliphatic carbocycles. The van der Waals surface area contributed by atoms with Gasteiger partial charge in [0.2, 0.25) is 0 Å². The second-order valence-electron chi connectivity index (χ2n) is 9.82. The molecule has 1 saturated heterocycles. The zero-order chi connectivity index (χ0) is 29.1. The SMILES string of the molecule is C=CCOc1ccc(C2C(=C(O)c3nc4c(C)cccn4c3C)C(=O)C(=O)N2CCCn2ccnc2)cc1OCC. The van der Waals surface area contributed by atoms with Crippen LogP contribution in [0.2, 0.25) is 0 Å².